The van der Waals surface area contributed by atoms with Crippen LogP contribution in [-0.2, 0) is 0 Å². The summed E-state index contributed by atoms with van der Waals surface area (Å²) in [6.07, 6.45) is 0. The topological polar surface area (TPSA) is 9.23 Å². The molecule has 0 spiro atoms. The van der Waals surface area contributed by atoms with E-state index in [1.807, 2.05) is 78.9 Å². The van der Waals surface area contributed by atoms with Crippen molar-refractivity contribution in [1.29, 1.82) is 0 Å². The van der Waals surface area contributed by atoms with Gasteiger partial charge in [0, 0.05) is 22.3 Å². The summed E-state index contributed by atoms with van der Waals surface area (Å²) in [7, 11) is 1.65. The van der Waals surface area contributed by atoms with Crippen LogP contribution in [0, 0.1) is 23.7 Å². The predicted molar refractivity (Wildman–Crippen MR) is 97.8 cm³/mol. The smallest absolute Gasteiger partial charge is 0.120 e. The Hall–Kier alpha value is -3.42. The van der Waals surface area contributed by atoms with Crippen LogP contribution in [0.3, 0.4) is 0 Å². The van der Waals surface area contributed by atoms with Gasteiger partial charge in [-0.2, -0.15) is 0 Å². The van der Waals surface area contributed by atoms with Gasteiger partial charge in [0.25, 0.3) is 0 Å². The summed E-state index contributed by atoms with van der Waals surface area (Å²) < 4.78 is 5.31. The molecule has 0 saturated carbocycles. The van der Waals surface area contributed by atoms with Gasteiger partial charge in [0.1, 0.15) is 5.75 Å². The van der Waals surface area contributed by atoms with Crippen LogP contribution in [0.1, 0.15) is 22.3 Å². The van der Waals surface area contributed by atoms with Crippen LogP contribution in [0.4, 0.5) is 0 Å². The highest BCUT2D eigenvalue weighted by Crippen LogP contribution is 2.16. The van der Waals surface area contributed by atoms with Gasteiger partial charge in [0.05, 0.1) is 7.11 Å². The third-order valence-electron chi connectivity index (χ3n) is 3.46. The molecule has 114 valence electrons. The molecule has 3 rings (SSSR count). The third-order valence-corrected chi connectivity index (χ3v) is 3.46. The Kier molecular flexibility index (Phi) is 4.98. The molecular formula is C23H16O. The number of ether oxygens (including phenoxy) is 1. The first-order chi connectivity index (χ1) is 11.8. The molecule has 0 unspecified atom stereocenters. The fraction of sp³-hybridized carbons (Fsp3) is 0.0435. The summed E-state index contributed by atoms with van der Waals surface area (Å²) in [6, 6.07) is 25.6. The second-order valence-electron chi connectivity index (χ2n) is 5.14. The summed E-state index contributed by atoms with van der Waals surface area (Å²) in [6.45, 7) is 0. The molecule has 0 aromatic heterocycles. The minimum atomic E-state index is 0.776. The number of benzene rings is 3. The molecule has 0 aliphatic heterocycles. The average Bonchev–Trinajstić information content (AvgIpc) is 2.66. The van der Waals surface area contributed by atoms with E-state index in [0.29, 0.717) is 0 Å². The van der Waals surface area contributed by atoms with Crippen molar-refractivity contribution < 1.29 is 4.74 Å². The Labute approximate surface area is 142 Å². The first-order valence-corrected chi connectivity index (χ1v) is 7.67. The Balaban J connectivity index is 1.98. The van der Waals surface area contributed by atoms with E-state index in [9.17, 15) is 0 Å². The maximum Gasteiger partial charge on any atom is 0.120 e. The normalized spacial score (nSPS) is 9.21. The molecule has 3 aromatic carbocycles. The molecule has 0 saturated heterocycles. The van der Waals surface area contributed by atoms with Gasteiger partial charge in [0.2, 0.25) is 0 Å². The molecule has 0 amide bonds. The van der Waals surface area contributed by atoms with Crippen molar-refractivity contribution in [3.05, 3.63) is 101 Å². The summed E-state index contributed by atoms with van der Waals surface area (Å²) in [5, 5.41) is 0. The van der Waals surface area contributed by atoms with Gasteiger partial charge in [-0.05, 0) is 42.5 Å². The first-order valence-electron chi connectivity index (χ1n) is 7.67. The molecule has 0 bridgehead atoms. The molecule has 0 aliphatic rings. The lowest BCUT2D eigenvalue weighted by atomic mass is 10.1. The van der Waals surface area contributed by atoms with E-state index >= 15 is 0 Å². The number of hydrogen-bond donors (Lipinski definition) is 0. The van der Waals surface area contributed by atoms with Crippen LogP contribution in [0.5, 0.6) is 5.75 Å². The van der Waals surface area contributed by atoms with Gasteiger partial charge in [-0.3, -0.25) is 0 Å². The molecule has 24 heavy (non-hydrogen) atoms. The van der Waals surface area contributed by atoms with Crippen LogP contribution in [-0.4, -0.2) is 7.11 Å². The van der Waals surface area contributed by atoms with Crippen molar-refractivity contribution >= 4 is 0 Å². The molecule has 0 fully saturated rings. The quantitative estimate of drug-likeness (QED) is 0.602. The predicted octanol–water partition coefficient (Wildman–Crippen LogP) is 4.49. The van der Waals surface area contributed by atoms with Crippen molar-refractivity contribution in [3.63, 3.8) is 0 Å². The Morgan fingerprint density at radius 2 is 1.12 bits per heavy atom. The second kappa shape index (κ2) is 7.73. The molecule has 0 aliphatic carbocycles. The van der Waals surface area contributed by atoms with E-state index in [1.165, 1.54) is 0 Å². The summed E-state index contributed by atoms with van der Waals surface area (Å²) in [4.78, 5) is 0. The molecule has 0 radical (unpaired) electrons. The van der Waals surface area contributed by atoms with Gasteiger partial charge >= 0.3 is 0 Å². The molecule has 0 heterocycles. The second-order valence-corrected chi connectivity index (χ2v) is 5.14. The highest BCUT2D eigenvalue weighted by atomic mass is 16.5. The lowest BCUT2D eigenvalue weighted by molar-refractivity contribution is 0.414. The van der Waals surface area contributed by atoms with Gasteiger partial charge in [-0.15, -0.1) is 0 Å². The maximum absolute atomic E-state index is 5.31. The molecular weight excluding hydrogens is 292 g/mol. The maximum atomic E-state index is 5.31. The van der Waals surface area contributed by atoms with Gasteiger partial charge < -0.3 is 4.74 Å². The summed E-state index contributed by atoms with van der Waals surface area (Å²) >= 11 is 0. The number of hydrogen-bond acceptors (Lipinski definition) is 1. The zero-order chi connectivity index (χ0) is 16.6. The van der Waals surface area contributed by atoms with Crippen LogP contribution >= 0.6 is 0 Å². The van der Waals surface area contributed by atoms with Crippen LogP contribution < -0.4 is 4.74 Å². The van der Waals surface area contributed by atoms with Crippen LogP contribution in [0.15, 0.2) is 78.9 Å². The highest BCUT2D eigenvalue weighted by molar-refractivity contribution is 5.56. The van der Waals surface area contributed by atoms with Gasteiger partial charge in [-0.25, -0.2) is 0 Å². The Morgan fingerprint density at radius 1 is 0.583 bits per heavy atom. The Morgan fingerprint density at radius 3 is 1.67 bits per heavy atom. The summed E-state index contributed by atoms with van der Waals surface area (Å²) in [5.74, 6) is 13.5. The number of rotatable bonds is 1. The largest absolute Gasteiger partial charge is 0.497 e. The molecule has 1 nitrogen and oxygen atoms in total. The van der Waals surface area contributed by atoms with Crippen molar-refractivity contribution in [2.45, 2.75) is 0 Å². The van der Waals surface area contributed by atoms with Crippen LogP contribution in [0.2, 0.25) is 0 Å². The molecule has 0 atom stereocenters. The lowest BCUT2D eigenvalue weighted by Crippen LogP contribution is -1.88. The van der Waals surface area contributed by atoms with Crippen molar-refractivity contribution in [2.24, 2.45) is 0 Å². The van der Waals surface area contributed by atoms with E-state index in [0.717, 1.165) is 28.0 Å². The molecule has 3 aromatic rings. The summed E-state index contributed by atoms with van der Waals surface area (Å²) in [5.41, 5.74) is 3.71. The fourth-order valence-corrected chi connectivity index (χ4v) is 2.18. The van der Waals surface area contributed by atoms with Crippen LogP contribution in [0.25, 0.3) is 0 Å². The monoisotopic (exact) mass is 308 g/mol. The van der Waals surface area contributed by atoms with Crippen molar-refractivity contribution in [1.82, 2.24) is 0 Å². The minimum Gasteiger partial charge on any atom is -0.497 e. The third kappa shape index (κ3) is 4.07. The lowest BCUT2D eigenvalue weighted by Gasteiger charge is -2.02. The minimum absolute atomic E-state index is 0.776. The van der Waals surface area contributed by atoms with Crippen molar-refractivity contribution in [2.75, 3.05) is 7.11 Å². The SMILES string of the molecule is COc1ccc(C#Cc2ccccc2)c(C#Cc2ccccc2)c1. The van der Waals surface area contributed by atoms with Gasteiger partial charge in [0.15, 0.2) is 0 Å². The van der Waals surface area contributed by atoms with E-state index < -0.39 is 0 Å². The van der Waals surface area contributed by atoms with E-state index in [2.05, 4.69) is 23.7 Å². The van der Waals surface area contributed by atoms with Gasteiger partial charge in [-0.1, -0.05) is 60.1 Å². The average molecular weight is 308 g/mol. The standard InChI is InChI=1S/C23H16O/c1-24-23-17-16-21(14-12-19-8-4-2-5-9-19)22(18-23)15-13-20-10-6-3-7-11-20/h2-11,16-18H,1H3. The van der Waals surface area contributed by atoms with Crippen molar-refractivity contribution in [3.8, 4) is 29.4 Å². The zero-order valence-corrected chi connectivity index (χ0v) is 13.4. The first kappa shape index (κ1) is 15.5. The highest BCUT2D eigenvalue weighted by Gasteiger charge is 2.00. The fourth-order valence-electron chi connectivity index (χ4n) is 2.18. The zero-order valence-electron chi connectivity index (χ0n) is 13.4. The van der Waals surface area contributed by atoms with E-state index in [4.69, 9.17) is 4.74 Å². The Bertz CT molecular complexity index is 933. The van der Waals surface area contributed by atoms with E-state index in [-0.39, 0.29) is 0 Å². The molecule has 0 N–H and O–H groups in total. The number of methoxy groups -OCH3 is 1. The molecule has 1 heteroatoms. The van der Waals surface area contributed by atoms with E-state index in [1.54, 1.807) is 7.11 Å².